The zero-order valence-electron chi connectivity index (χ0n) is 21.8. The predicted octanol–water partition coefficient (Wildman–Crippen LogP) is 3.57. The van der Waals surface area contributed by atoms with E-state index in [4.69, 9.17) is 9.47 Å². The van der Waals surface area contributed by atoms with Gasteiger partial charge < -0.3 is 24.6 Å². The number of nitrogens with zero attached hydrogens (tertiary/aromatic N) is 2. The Bertz CT molecular complexity index is 1080. The molecule has 1 N–H and O–H groups in total. The fraction of sp³-hybridized carbons (Fsp3) is 0.483. The van der Waals surface area contributed by atoms with Crippen LogP contribution in [-0.2, 0) is 20.7 Å². The van der Waals surface area contributed by atoms with Crippen molar-refractivity contribution in [1.82, 2.24) is 15.1 Å². The maximum atomic E-state index is 13.5. The van der Waals surface area contributed by atoms with Crippen LogP contribution in [-0.4, -0.2) is 73.1 Å². The van der Waals surface area contributed by atoms with Gasteiger partial charge >= 0.3 is 6.09 Å². The minimum atomic E-state index is -0.683. The van der Waals surface area contributed by atoms with Gasteiger partial charge in [-0.3, -0.25) is 9.59 Å². The second-order valence-corrected chi connectivity index (χ2v) is 10.1. The normalized spacial score (nSPS) is 17.4. The molecule has 3 amide bonds. The average Bonchev–Trinajstić information content (AvgIpc) is 3.31. The molecule has 1 atom stereocenters. The molecule has 2 heterocycles. The molecular formula is C29H37N3O5. The number of rotatable bonds is 8. The number of benzene rings is 2. The highest BCUT2D eigenvalue weighted by molar-refractivity contribution is 5.86. The van der Waals surface area contributed by atoms with Crippen LogP contribution >= 0.6 is 0 Å². The van der Waals surface area contributed by atoms with Crippen molar-refractivity contribution in [2.75, 3.05) is 39.4 Å². The Kier molecular flexibility index (Phi) is 8.69. The number of hydrogen-bond acceptors (Lipinski definition) is 5. The zero-order chi connectivity index (χ0) is 26.3. The Morgan fingerprint density at radius 3 is 2.27 bits per heavy atom. The number of likely N-dealkylation sites (tertiary alicyclic amines) is 2. The molecule has 2 aliphatic heterocycles. The van der Waals surface area contributed by atoms with Crippen molar-refractivity contribution in [2.24, 2.45) is 5.41 Å². The summed E-state index contributed by atoms with van der Waals surface area (Å²) < 4.78 is 10.8. The molecule has 1 spiro atoms. The standard InChI is InChI=1S/C29H37N3O5/c1-3-36-28(35)30-24(19-23-10-5-4-6-11-23)27(34)32-18-15-29(21-32)13-16-31(17-14-29)26(33)20-37-25-12-8-7-9-22(25)2/h4-12,24H,3,13-21H2,1-2H3,(H,30,35). The fourth-order valence-corrected chi connectivity index (χ4v) is 5.30. The highest BCUT2D eigenvalue weighted by Gasteiger charge is 2.44. The predicted molar refractivity (Wildman–Crippen MR) is 140 cm³/mol. The van der Waals surface area contributed by atoms with E-state index in [1.165, 1.54) is 0 Å². The Morgan fingerprint density at radius 1 is 0.946 bits per heavy atom. The molecule has 0 saturated carbocycles. The first kappa shape index (κ1) is 26.5. The highest BCUT2D eigenvalue weighted by Crippen LogP contribution is 2.40. The van der Waals surface area contributed by atoms with Crippen LogP contribution < -0.4 is 10.1 Å². The van der Waals surface area contributed by atoms with E-state index in [2.05, 4.69) is 5.32 Å². The van der Waals surface area contributed by atoms with E-state index >= 15 is 0 Å². The van der Waals surface area contributed by atoms with Crippen LogP contribution in [0.1, 0.15) is 37.3 Å². The van der Waals surface area contributed by atoms with Gasteiger partial charge in [-0.1, -0.05) is 48.5 Å². The number of para-hydroxylation sites is 1. The second kappa shape index (κ2) is 12.1. The molecule has 2 saturated heterocycles. The summed E-state index contributed by atoms with van der Waals surface area (Å²) in [5.41, 5.74) is 1.99. The van der Waals surface area contributed by atoms with Crippen molar-refractivity contribution in [2.45, 2.75) is 45.6 Å². The summed E-state index contributed by atoms with van der Waals surface area (Å²) in [4.78, 5) is 42.2. The monoisotopic (exact) mass is 507 g/mol. The number of piperidine rings is 1. The Labute approximate surface area is 218 Å². The average molecular weight is 508 g/mol. The Hall–Kier alpha value is -3.55. The maximum absolute atomic E-state index is 13.5. The van der Waals surface area contributed by atoms with Crippen LogP contribution in [0.2, 0.25) is 0 Å². The summed E-state index contributed by atoms with van der Waals surface area (Å²) in [5.74, 6) is 0.639. The number of amides is 3. The SMILES string of the molecule is CCOC(=O)NC(Cc1ccccc1)C(=O)N1CCC2(CCN(C(=O)COc3ccccc3C)CC2)C1. The first-order valence-corrected chi connectivity index (χ1v) is 13.1. The lowest BCUT2D eigenvalue weighted by molar-refractivity contribution is -0.136. The third-order valence-electron chi connectivity index (χ3n) is 7.52. The smallest absolute Gasteiger partial charge is 0.407 e. The Balaban J connectivity index is 1.31. The number of carbonyl (C=O) groups is 3. The third kappa shape index (κ3) is 6.81. The first-order valence-electron chi connectivity index (χ1n) is 13.1. The van der Waals surface area contributed by atoms with Crippen LogP contribution in [0.25, 0.3) is 0 Å². The van der Waals surface area contributed by atoms with E-state index in [0.717, 1.165) is 36.1 Å². The van der Waals surface area contributed by atoms with Gasteiger partial charge in [0.05, 0.1) is 6.61 Å². The van der Waals surface area contributed by atoms with E-state index in [0.29, 0.717) is 32.6 Å². The number of hydrogen-bond donors (Lipinski definition) is 1. The lowest BCUT2D eigenvalue weighted by Gasteiger charge is -2.39. The Morgan fingerprint density at radius 2 is 1.59 bits per heavy atom. The van der Waals surface area contributed by atoms with Crippen LogP contribution in [0, 0.1) is 12.3 Å². The number of alkyl carbamates (subject to hydrolysis) is 1. The summed E-state index contributed by atoms with van der Waals surface area (Å²) in [6.45, 7) is 6.59. The molecule has 2 aromatic rings. The maximum Gasteiger partial charge on any atom is 0.407 e. The quantitative estimate of drug-likeness (QED) is 0.590. The topological polar surface area (TPSA) is 88.2 Å². The van der Waals surface area contributed by atoms with E-state index < -0.39 is 12.1 Å². The molecular weight excluding hydrogens is 470 g/mol. The molecule has 2 aliphatic rings. The number of nitrogens with one attached hydrogen (secondary N) is 1. The van der Waals surface area contributed by atoms with Gasteiger partial charge in [0.1, 0.15) is 11.8 Å². The van der Waals surface area contributed by atoms with Crippen LogP contribution in [0.5, 0.6) is 5.75 Å². The number of aryl methyl sites for hydroxylation is 1. The van der Waals surface area contributed by atoms with Crippen molar-refractivity contribution in [3.05, 3.63) is 65.7 Å². The van der Waals surface area contributed by atoms with Crippen molar-refractivity contribution in [1.29, 1.82) is 0 Å². The van der Waals surface area contributed by atoms with E-state index in [9.17, 15) is 14.4 Å². The van der Waals surface area contributed by atoms with Crippen LogP contribution in [0.4, 0.5) is 4.79 Å². The summed E-state index contributed by atoms with van der Waals surface area (Å²) in [5, 5.41) is 2.77. The van der Waals surface area contributed by atoms with Crippen LogP contribution in [0.15, 0.2) is 54.6 Å². The van der Waals surface area contributed by atoms with Gasteiger partial charge in [0.15, 0.2) is 6.61 Å². The molecule has 37 heavy (non-hydrogen) atoms. The fourth-order valence-electron chi connectivity index (χ4n) is 5.30. The number of carbonyl (C=O) groups excluding carboxylic acids is 3. The summed E-state index contributed by atoms with van der Waals surface area (Å²) >= 11 is 0. The van der Waals surface area contributed by atoms with Gasteiger partial charge in [0.2, 0.25) is 5.91 Å². The van der Waals surface area contributed by atoms with Gasteiger partial charge in [-0.2, -0.15) is 0 Å². The van der Waals surface area contributed by atoms with Gasteiger partial charge in [0, 0.05) is 32.6 Å². The lowest BCUT2D eigenvalue weighted by Crippen LogP contribution is -2.50. The summed E-state index contributed by atoms with van der Waals surface area (Å²) in [6.07, 6.45) is 2.43. The minimum Gasteiger partial charge on any atom is -0.484 e. The molecule has 8 heteroatoms. The van der Waals surface area contributed by atoms with Crippen molar-refractivity contribution >= 4 is 17.9 Å². The van der Waals surface area contributed by atoms with Crippen molar-refractivity contribution in [3.8, 4) is 5.75 Å². The minimum absolute atomic E-state index is 0.00450. The molecule has 8 nitrogen and oxygen atoms in total. The van der Waals surface area contributed by atoms with Crippen molar-refractivity contribution < 1.29 is 23.9 Å². The molecule has 0 radical (unpaired) electrons. The van der Waals surface area contributed by atoms with Gasteiger partial charge in [0.25, 0.3) is 5.91 Å². The molecule has 2 aromatic carbocycles. The molecule has 0 aromatic heterocycles. The number of ether oxygens (including phenoxy) is 2. The summed E-state index contributed by atoms with van der Waals surface area (Å²) in [7, 11) is 0. The van der Waals surface area contributed by atoms with E-state index in [-0.39, 0.29) is 30.4 Å². The van der Waals surface area contributed by atoms with Crippen LogP contribution in [0.3, 0.4) is 0 Å². The van der Waals surface area contributed by atoms with E-state index in [1.807, 2.05) is 71.3 Å². The zero-order valence-corrected chi connectivity index (χ0v) is 21.8. The largest absolute Gasteiger partial charge is 0.484 e. The first-order chi connectivity index (χ1) is 17.9. The molecule has 0 aliphatic carbocycles. The molecule has 0 bridgehead atoms. The van der Waals surface area contributed by atoms with Gasteiger partial charge in [-0.25, -0.2) is 4.79 Å². The van der Waals surface area contributed by atoms with E-state index in [1.54, 1.807) is 6.92 Å². The molecule has 198 valence electrons. The van der Waals surface area contributed by atoms with Crippen molar-refractivity contribution in [3.63, 3.8) is 0 Å². The molecule has 2 fully saturated rings. The highest BCUT2D eigenvalue weighted by atomic mass is 16.5. The molecule has 1 unspecified atom stereocenters. The van der Waals surface area contributed by atoms with Gasteiger partial charge in [-0.05, 0) is 55.7 Å². The van der Waals surface area contributed by atoms with Gasteiger partial charge in [-0.15, -0.1) is 0 Å². The lowest BCUT2D eigenvalue weighted by atomic mass is 9.78. The summed E-state index contributed by atoms with van der Waals surface area (Å²) in [6, 6.07) is 16.7. The second-order valence-electron chi connectivity index (χ2n) is 10.1. The molecule has 4 rings (SSSR count). The third-order valence-corrected chi connectivity index (χ3v) is 7.52.